The fourth-order valence-corrected chi connectivity index (χ4v) is 4.89. The van der Waals surface area contributed by atoms with Crippen LogP contribution in [0.25, 0.3) is 22.2 Å². The number of fused-ring (bicyclic) bond motifs is 2. The first-order valence-electron chi connectivity index (χ1n) is 9.52. The molecule has 0 amide bonds. The molecule has 5 aromatic rings. The van der Waals surface area contributed by atoms with Gasteiger partial charge < -0.3 is 5.73 Å². The first-order valence-corrected chi connectivity index (χ1v) is 11.0. The van der Waals surface area contributed by atoms with E-state index in [2.05, 4.69) is 15.1 Å². The molecule has 0 radical (unpaired) electrons. The number of hydrogen-bond donors (Lipinski definition) is 1. The Morgan fingerprint density at radius 2 is 1.39 bits per heavy atom. The van der Waals surface area contributed by atoms with Gasteiger partial charge in [-0.05, 0) is 29.8 Å². The molecule has 2 N–H and O–H groups in total. The summed E-state index contributed by atoms with van der Waals surface area (Å²) in [6, 6.07) is 24.8. The van der Waals surface area contributed by atoms with Crippen LogP contribution in [0.4, 0.5) is 5.82 Å². The lowest BCUT2D eigenvalue weighted by Crippen LogP contribution is -2.06. The molecule has 0 saturated heterocycles. The molecule has 0 aliphatic carbocycles. The molecule has 0 bridgehead atoms. The summed E-state index contributed by atoms with van der Waals surface area (Å²) in [5, 5.41) is 4.44. The maximum Gasteiger partial charge on any atom is 0.212 e. The summed E-state index contributed by atoms with van der Waals surface area (Å²) in [7, 11) is -3.95. The lowest BCUT2D eigenvalue weighted by Gasteiger charge is -2.04. The third-order valence-electron chi connectivity index (χ3n) is 4.87. The normalized spacial score (nSPS) is 12.1. The summed E-state index contributed by atoms with van der Waals surface area (Å²) < 4.78 is 28.3. The van der Waals surface area contributed by atoms with Gasteiger partial charge in [-0.25, -0.2) is 18.4 Å². The maximum atomic E-state index is 13.5. The van der Waals surface area contributed by atoms with Gasteiger partial charge in [0.25, 0.3) is 0 Å². The summed E-state index contributed by atoms with van der Waals surface area (Å²) in [5.41, 5.74) is 8.85. The second-order valence-corrected chi connectivity index (χ2v) is 8.77. The Morgan fingerprint density at radius 3 is 2.06 bits per heavy atom. The summed E-state index contributed by atoms with van der Waals surface area (Å²) in [4.78, 5) is 9.24. The second-order valence-electron chi connectivity index (χ2n) is 6.88. The molecule has 0 fully saturated rings. The molecule has 0 aliphatic rings. The average molecular weight is 427 g/mol. The summed E-state index contributed by atoms with van der Waals surface area (Å²) in [6.45, 7) is 0. The highest BCUT2D eigenvalue weighted by Crippen LogP contribution is 2.35. The number of anilines is 1. The van der Waals surface area contributed by atoms with Gasteiger partial charge >= 0.3 is 0 Å². The predicted molar refractivity (Wildman–Crippen MR) is 121 cm³/mol. The van der Waals surface area contributed by atoms with Crippen LogP contribution >= 0.6 is 0 Å². The van der Waals surface area contributed by atoms with Crippen LogP contribution in [0.3, 0.4) is 0 Å². The monoisotopic (exact) mass is 427 g/mol. The lowest BCUT2D eigenvalue weighted by atomic mass is 10.2. The molecule has 0 spiro atoms. The molecular formula is C23H17N5O2S. The van der Waals surface area contributed by atoms with E-state index in [1.165, 1.54) is 16.8 Å². The van der Waals surface area contributed by atoms with Crippen molar-refractivity contribution in [3.63, 3.8) is 0 Å². The third-order valence-corrected chi connectivity index (χ3v) is 6.71. The van der Waals surface area contributed by atoms with E-state index < -0.39 is 9.84 Å². The largest absolute Gasteiger partial charge is 0.382 e. The van der Waals surface area contributed by atoms with Gasteiger partial charge in [0.05, 0.1) is 22.1 Å². The van der Waals surface area contributed by atoms with Crippen molar-refractivity contribution in [3.8, 4) is 0 Å². The van der Waals surface area contributed by atoms with Crippen LogP contribution in [-0.2, 0) is 9.84 Å². The molecule has 31 heavy (non-hydrogen) atoms. The van der Waals surface area contributed by atoms with Crippen molar-refractivity contribution in [2.75, 3.05) is 5.73 Å². The van der Waals surface area contributed by atoms with Crippen molar-refractivity contribution in [2.24, 2.45) is 5.10 Å². The third kappa shape index (κ3) is 3.23. The molecule has 2 heterocycles. The number of aromatic nitrogens is 3. The quantitative estimate of drug-likeness (QED) is 0.439. The summed E-state index contributed by atoms with van der Waals surface area (Å²) in [6.07, 6.45) is 1.60. The number of nitrogens with zero attached hydrogens (tertiary/aromatic N) is 4. The Morgan fingerprint density at radius 1 is 0.806 bits per heavy atom. The number of sulfone groups is 1. The second kappa shape index (κ2) is 7.33. The standard InChI is InChI=1S/C23H17N5O2S/c24-22-21(31(29,30)17-11-5-2-6-12-17)20-23(27-19-14-8-7-13-18(19)26-20)28(22)25-15-16-9-3-1-4-10-16/h1-15H,24H2/b25-15+. The molecule has 8 heteroatoms. The zero-order valence-corrected chi connectivity index (χ0v) is 17.1. The molecule has 5 rings (SSSR count). The number of nitrogen functional groups attached to an aromatic ring is 1. The van der Waals surface area contributed by atoms with Crippen LogP contribution in [-0.4, -0.2) is 29.3 Å². The zero-order chi connectivity index (χ0) is 21.4. The van der Waals surface area contributed by atoms with E-state index in [0.717, 1.165) is 5.56 Å². The Labute approximate surface area is 178 Å². The Balaban J connectivity index is 1.82. The van der Waals surface area contributed by atoms with E-state index in [-0.39, 0.29) is 26.8 Å². The minimum Gasteiger partial charge on any atom is -0.382 e. The number of para-hydroxylation sites is 2. The van der Waals surface area contributed by atoms with Gasteiger partial charge in [-0.15, -0.1) is 0 Å². The highest BCUT2D eigenvalue weighted by molar-refractivity contribution is 7.92. The molecule has 3 aromatic carbocycles. The van der Waals surface area contributed by atoms with E-state index in [9.17, 15) is 8.42 Å². The fraction of sp³-hybridized carbons (Fsp3) is 0. The molecule has 0 atom stereocenters. The maximum absolute atomic E-state index is 13.5. The zero-order valence-electron chi connectivity index (χ0n) is 16.3. The first-order chi connectivity index (χ1) is 15.1. The average Bonchev–Trinajstić information content (AvgIpc) is 3.08. The number of nitrogens with two attached hydrogens (primary N) is 1. The highest BCUT2D eigenvalue weighted by atomic mass is 32.2. The van der Waals surface area contributed by atoms with Gasteiger partial charge in [-0.2, -0.15) is 9.78 Å². The highest BCUT2D eigenvalue weighted by Gasteiger charge is 2.30. The predicted octanol–water partition coefficient (Wildman–Crippen LogP) is 3.88. The van der Waals surface area contributed by atoms with Crippen LogP contribution in [0.1, 0.15) is 5.56 Å². The SMILES string of the molecule is Nc1c(S(=O)(=O)c2ccccc2)c2nc3ccccc3nc2n1/N=C/c1ccccc1. The fourth-order valence-electron chi connectivity index (χ4n) is 3.39. The summed E-state index contributed by atoms with van der Waals surface area (Å²) in [5.74, 6) is -0.0404. The minimum absolute atomic E-state index is 0.0404. The Kier molecular flexibility index (Phi) is 4.48. The van der Waals surface area contributed by atoms with Gasteiger partial charge in [-0.1, -0.05) is 60.7 Å². The van der Waals surface area contributed by atoms with Gasteiger partial charge in [0.15, 0.2) is 5.65 Å². The van der Waals surface area contributed by atoms with Crippen molar-refractivity contribution in [3.05, 3.63) is 90.5 Å². The van der Waals surface area contributed by atoms with Crippen LogP contribution in [0.15, 0.2) is 99.8 Å². The number of rotatable bonds is 4. The molecule has 0 unspecified atom stereocenters. The van der Waals surface area contributed by atoms with E-state index >= 15 is 0 Å². The number of benzene rings is 3. The van der Waals surface area contributed by atoms with Crippen molar-refractivity contribution in [1.29, 1.82) is 0 Å². The van der Waals surface area contributed by atoms with E-state index in [4.69, 9.17) is 5.73 Å². The number of hydrogen-bond acceptors (Lipinski definition) is 6. The van der Waals surface area contributed by atoms with Crippen LogP contribution in [0.5, 0.6) is 0 Å². The topological polar surface area (TPSA) is 103 Å². The van der Waals surface area contributed by atoms with Crippen LogP contribution in [0.2, 0.25) is 0 Å². The molecule has 7 nitrogen and oxygen atoms in total. The van der Waals surface area contributed by atoms with Gasteiger partial charge in [0.1, 0.15) is 16.2 Å². The van der Waals surface area contributed by atoms with Crippen molar-refractivity contribution in [1.82, 2.24) is 14.6 Å². The smallest absolute Gasteiger partial charge is 0.212 e. The van der Waals surface area contributed by atoms with E-state index in [1.54, 1.807) is 30.5 Å². The van der Waals surface area contributed by atoms with Crippen molar-refractivity contribution < 1.29 is 8.42 Å². The molecule has 0 saturated carbocycles. The Bertz CT molecular complexity index is 1540. The molecule has 2 aromatic heterocycles. The first kappa shape index (κ1) is 19.0. The molecular weight excluding hydrogens is 410 g/mol. The van der Waals surface area contributed by atoms with Crippen molar-refractivity contribution in [2.45, 2.75) is 9.79 Å². The summed E-state index contributed by atoms with van der Waals surface area (Å²) >= 11 is 0. The van der Waals surface area contributed by atoms with E-state index in [0.29, 0.717) is 11.0 Å². The lowest BCUT2D eigenvalue weighted by molar-refractivity contribution is 0.597. The molecule has 152 valence electrons. The van der Waals surface area contributed by atoms with Crippen LogP contribution in [0, 0.1) is 0 Å². The van der Waals surface area contributed by atoms with E-state index in [1.807, 2.05) is 48.5 Å². The van der Waals surface area contributed by atoms with Crippen molar-refractivity contribution >= 4 is 44.1 Å². The van der Waals surface area contributed by atoms with Gasteiger partial charge in [0.2, 0.25) is 9.84 Å². The van der Waals surface area contributed by atoms with Gasteiger partial charge in [-0.3, -0.25) is 0 Å². The molecule has 0 aliphatic heterocycles. The minimum atomic E-state index is -3.95. The Hall–Kier alpha value is -4.04. The van der Waals surface area contributed by atoms with Gasteiger partial charge in [0, 0.05) is 0 Å². The van der Waals surface area contributed by atoms with Crippen LogP contribution < -0.4 is 5.73 Å².